The minimum absolute atomic E-state index is 0.352. The molecule has 6 heteroatoms. The minimum Gasteiger partial charge on any atom is -0.465 e. The Bertz CT molecular complexity index is 627. The number of nitrogens with two attached hydrogens (primary N) is 1. The van der Waals surface area contributed by atoms with E-state index in [1.807, 2.05) is 0 Å². The predicted octanol–water partition coefficient (Wildman–Crippen LogP) is 3.50. The van der Waals surface area contributed by atoms with Crippen molar-refractivity contribution in [2.45, 2.75) is 6.42 Å². The van der Waals surface area contributed by atoms with Crippen molar-refractivity contribution in [3.8, 4) is 0 Å². The Morgan fingerprint density at radius 1 is 1.47 bits per heavy atom. The summed E-state index contributed by atoms with van der Waals surface area (Å²) in [6.07, 6.45) is 0.371. The number of benzene rings is 1. The monoisotopic (exact) mass is 299 g/mol. The largest absolute Gasteiger partial charge is 0.465 e. The third kappa shape index (κ3) is 2.88. The predicted molar refractivity (Wildman–Crippen MR) is 74.3 cm³/mol. The van der Waals surface area contributed by atoms with Gasteiger partial charge in [0.1, 0.15) is 10.7 Å². The van der Waals surface area contributed by atoms with E-state index in [0.717, 1.165) is 5.56 Å². The van der Waals surface area contributed by atoms with E-state index < -0.39 is 5.97 Å². The van der Waals surface area contributed by atoms with Gasteiger partial charge in [0.2, 0.25) is 0 Å². The van der Waals surface area contributed by atoms with Crippen LogP contribution < -0.4 is 5.73 Å². The van der Waals surface area contributed by atoms with Crippen LogP contribution in [0.25, 0.3) is 0 Å². The summed E-state index contributed by atoms with van der Waals surface area (Å²) >= 11 is 7.20. The van der Waals surface area contributed by atoms with Gasteiger partial charge < -0.3 is 10.5 Å². The number of thiophene rings is 1. The van der Waals surface area contributed by atoms with Crippen LogP contribution >= 0.6 is 22.9 Å². The number of hydrogen-bond acceptors (Lipinski definition) is 4. The standard InChI is InChI=1S/C13H11ClFNO2S/c1-18-13(17)12-11(16)8(6-19-12)4-7-5-9(15)2-3-10(7)14/h2-3,5-6H,4,16H2,1H3. The molecule has 0 atom stereocenters. The number of nitrogen functional groups attached to an aromatic ring is 1. The summed E-state index contributed by atoms with van der Waals surface area (Å²) in [5.41, 5.74) is 7.61. The second kappa shape index (κ2) is 5.59. The highest BCUT2D eigenvalue weighted by Crippen LogP contribution is 2.30. The van der Waals surface area contributed by atoms with Crippen LogP contribution in [0.15, 0.2) is 23.6 Å². The van der Waals surface area contributed by atoms with Crippen LogP contribution in [0.1, 0.15) is 20.8 Å². The Kier molecular flexibility index (Phi) is 4.07. The van der Waals surface area contributed by atoms with Crippen molar-refractivity contribution in [1.29, 1.82) is 0 Å². The molecule has 3 nitrogen and oxygen atoms in total. The molecule has 0 aliphatic rings. The van der Waals surface area contributed by atoms with Crippen LogP contribution in [0.4, 0.5) is 10.1 Å². The number of carbonyl (C=O) groups is 1. The second-order valence-corrected chi connectivity index (χ2v) is 5.19. The van der Waals surface area contributed by atoms with Gasteiger partial charge >= 0.3 is 5.97 Å². The molecule has 0 amide bonds. The van der Waals surface area contributed by atoms with Gasteiger partial charge in [0, 0.05) is 11.4 Å². The number of halogens is 2. The molecule has 100 valence electrons. The van der Waals surface area contributed by atoms with Gasteiger partial charge in [0.15, 0.2) is 0 Å². The molecule has 0 aliphatic heterocycles. The summed E-state index contributed by atoms with van der Waals surface area (Å²) in [5.74, 6) is -0.833. The summed E-state index contributed by atoms with van der Waals surface area (Å²) in [4.78, 5) is 11.8. The van der Waals surface area contributed by atoms with E-state index in [9.17, 15) is 9.18 Å². The van der Waals surface area contributed by atoms with Gasteiger partial charge in [-0.25, -0.2) is 9.18 Å². The van der Waals surface area contributed by atoms with Crippen molar-refractivity contribution in [2.75, 3.05) is 12.8 Å². The van der Waals surface area contributed by atoms with Gasteiger partial charge in [-0.3, -0.25) is 0 Å². The highest BCUT2D eigenvalue weighted by atomic mass is 35.5. The molecule has 2 aromatic rings. The molecule has 0 bridgehead atoms. The number of rotatable bonds is 3. The van der Waals surface area contributed by atoms with E-state index in [0.29, 0.717) is 27.6 Å². The summed E-state index contributed by atoms with van der Waals surface area (Å²) < 4.78 is 17.8. The third-order valence-electron chi connectivity index (χ3n) is 2.67. The molecule has 1 heterocycles. The molecule has 0 aliphatic carbocycles. The van der Waals surface area contributed by atoms with E-state index in [4.69, 9.17) is 17.3 Å². The fourth-order valence-corrected chi connectivity index (χ4v) is 2.77. The van der Waals surface area contributed by atoms with Crippen molar-refractivity contribution in [3.05, 3.63) is 50.4 Å². The van der Waals surface area contributed by atoms with E-state index in [1.165, 1.54) is 36.6 Å². The maximum Gasteiger partial charge on any atom is 0.350 e. The summed E-state index contributed by atoms with van der Waals surface area (Å²) in [6.45, 7) is 0. The minimum atomic E-state index is -0.473. The average molecular weight is 300 g/mol. The maximum atomic E-state index is 13.2. The Hall–Kier alpha value is -1.59. The molecular weight excluding hydrogens is 289 g/mol. The number of hydrogen-bond donors (Lipinski definition) is 1. The van der Waals surface area contributed by atoms with Crippen molar-refractivity contribution in [2.24, 2.45) is 0 Å². The first kappa shape index (κ1) is 13.8. The lowest BCUT2D eigenvalue weighted by atomic mass is 10.1. The van der Waals surface area contributed by atoms with Crippen LogP contribution in [0, 0.1) is 5.82 Å². The molecule has 0 saturated carbocycles. The number of anilines is 1. The summed E-state index contributed by atoms with van der Waals surface area (Å²) in [6, 6.07) is 4.15. The highest BCUT2D eigenvalue weighted by molar-refractivity contribution is 7.12. The average Bonchev–Trinajstić information content (AvgIpc) is 2.75. The lowest BCUT2D eigenvalue weighted by molar-refractivity contribution is 0.0607. The van der Waals surface area contributed by atoms with Crippen LogP contribution in [0.3, 0.4) is 0 Å². The molecule has 0 saturated heterocycles. The highest BCUT2D eigenvalue weighted by Gasteiger charge is 2.17. The molecule has 1 aromatic carbocycles. The van der Waals surface area contributed by atoms with Crippen molar-refractivity contribution in [3.63, 3.8) is 0 Å². The first-order chi connectivity index (χ1) is 9.02. The smallest absolute Gasteiger partial charge is 0.350 e. The zero-order chi connectivity index (χ0) is 14.0. The molecule has 0 fully saturated rings. The van der Waals surface area contributed by atoms with Gasteiger partial charge in [0.25, 0.3) is 0 Å². The molecule has 0 unspecified atom stereocenters. The second-order valence-electron chi connectivity index (χ2n) is 3.91. The molecule has 19 heavy (non-hydrogen) atoms. The van der Waals surface area contributed by atoms with Gasteiger partial charge in [-0.2, -0.15) is 0 Å². The Morgan fingerprint density at radius 2 is 2.21 bits per heavy atom. The summed E-state index contributed by atoms with van der Waals surface area (Å²) in [5, 5.41) is 2.22. The Labute approximate surface area is 118 Å². The first-order valence-corrected chi connectivity index (χ1v) is 6.66. The molecular formula is C13H11ClFNO2S. The van der Waals surface area contributed by atoms with Crippen LogP contribution in [-0.2, 0) is 11.2 Å². The van der Waals surface area contributed by atoms with Crippen molar-refractivity contribution in [1.82, 2.24) is 0 Å². The van der Waals surface area contributed by atoms with Crippen LogP contribution in [0.2, 0.25) is 5.02 Å². The first-order valence-electron chi connectivity index (χ1n) is 5.41. The Balaban J connectivity index is 2.31. The van der Waals surface area contributed by atoms with Crippen LogP contribution in [-0.4, -0.2) is 13.1 Å². The van der Waals surface area contributed by atoms with E-state index in [-0.39, 0.29) is 5.82 Å². The molecule has 0 spiro atoms. The van der Waals surface area contributed by atoms with Gasteiger partial charge in [-0.05, 0) is 34.7 Å². The van der Waals surface area contributed by atoms with Crippen molar-refractivity contribution < 1.29 is 13.9 Å². The number of carbonyl (C=O) groups excluding carboxylic acids is 1. The number of esters is 1. The lowest BCUT2D eigenvalue weighted by Crippen LogP contribution is -2.03. The summed E-state index contributed by atoms with van der Waals surface area (Å²) in [7, 11) is 1.30. The van der Waals surface area contributed by atoms with E-state index in [2.05, 4.69) is 4.74 Å². The Morgan fingerprint density at radius 3 is 2.89 bits per heavy atom. The molecule has 0 radical (unpaired) electrons. The fourth-order valence-electron chi connectivity index (χ4n) is 1.67. The zero-order valence-corrected chi connectivity index (χ0v) is 11.6. The lowest BCUT2D eigenvalue weighted by Gasteiger charge is -2.05. The SMILES string of the molecule is COC(=O)c1scc(Cc2cc(F)ccc2Cl)c1N. The van der Waals surface area contributed by atoms with Gasteiger partial charge in [0.05, 0.1) is 12.8 Å². The van der Waals surface area contributed by atoms with E-state index in [1.54, 1.807) is 5.38 Å². The molecule has 1 aromatic heterocycles. The zero-order valence-electron chi connectivity index (χ0n) is 10.1. The van der Waals surface area contributed by atoms with Crippen LogP contribution in [0.5, 0.6) is 0 Å². The van der Waals surface area contributed by atoms with E-state index >= 15 is 0 Å². The fraction of sp³-hybridized carbons (Fsp3) is 0.154. The topological polar surface area (TPSA) is 52.3 Å². The normalized spacial score (nSPS) is 10.5. The third-order valence-corrected chi connectivity index (χ3v) is 4.06. The van der Waals surface area contributed by atoms with Crippen molar-refractivity contribution >= 4 is 34.6 Å². The number of ether oxygens (including phenoxy) is 1. The molecule has 2 N–H and O–H groups in total. The molecule has 2 rings (SSSR count). The van der Waals surface area contributed by atoms with Gasteiger partial charge in [-0.15, -0.1) is 11.3 Å². The quantitative estimate of drug-likeness (QED) is 0.883. The van der Waals surface area contributed by atoms with Gasteiger partial charge in [-0.1, -0.05) is 11.6 Å². The maximum absolute atomic E-state index is 13.2. The number of methoxy groups -OCH3 is 1.